The highest BCUT2D eigenvalue weighted by atomic mass is 19.1. The highest BCUT2D eigenvalue weighted by molar-refractivity contribution is 5.70. The third-order valence-electron chi connectivity index (χ3n) is 7.50. The Labute approximate surface area is 219 Å². The average Bonchev–Trinajstić information content (AvgIpc) is 3.30. The number of carbonyl (C=O) groups excluding carboxylic acids is 1. The number of likely N-dealkylation sites (tertiary alicyclic amines) is 1. The molecule has 4 rings (SSSR count). The number of aryl methyl sites for hydroxylation is 2. The fourth-order valence-corrected chi connectivity index (χ4v) is 5.16. The summed E-state index contributed by atoms with van der Waals surface area (Å²) in [6.45, 7) is 4.93. The Morgan fingerprint density at radius 3 is 2.95 bits per heavy atom. The van der Waals surface area contributed by atoms with Crippen LogP contribution in [0.1, 0.15) is 55.3 Å². The van der Waals surface area contributed by atoms with Crippen LogP contribution in [0.5, 0.6) is 5.75 Å². The molecule has 3 atom stereocenters. The van der Waals surface area contributed by atoms with E-state index in [-0.39, 0.29) is 24.4 Å². The summed E-state index contributed by atoms with van der Waals surface area (Å²) >= 11 is 0. The molecule has 1 N–H and O–H groups in total. The number of pyridine rings is 1. The standard InChI is InChI=1S/C29H40FN3O4/c1-21(35-2)19-37-26-8-4-6-23(16-26)24(17-27(34)36-3)18-33-15-13-29(30,20-33)12-11-25-10-9-22-7-5-14-31-28(22)32-25/h4,6,8-10,16,21,24H,5,7,11-15,17-20H2,1-3H3,(H,31,32)/t21-,24?,29+/m1/s1. The van der Waals surface area contributed by atoms with Crippen LogP contribution >= 0.6 is 0 Å². The van der Waals surface area contributed by atoms with Crippen LogP contribution in [-0.4, -0.2) is 74.6 Å². The van der Waals surface area contributed by atoms with Crippen molar-refractivity contribution in [3.63, 3.8) is 0 Å². The van der Waals surface area contributed by atoms with Gasteiger partial charge in [-0.2, -0.15) is 0 Å². The zero-order chi connectivity index (χ0) is 26.3. The summed E-state index contributed by atoms with van der Waals surface area (Å²) in [4.78, 5) is 19.1. The summed E-state index contributed by atoms with van der Waals surface area (Å²) in [5.41, 5.74) is 1.90. The van der Waals surface area contributed by atoms with Gasteiger partial charge in [0.2, 0.25) is 0 Å². The lowest BCUT2D eigenvalue weighted by atomic mass is 9.94. The van der Waals surface area contributed by atoms with E-state index in [0.717, 1.165) is 42.2 Å². The molecule has 2 aliphatic rings. The molecule has 0 radical (unpaired) electrons. The van der Waals surface area contributed by atoms with E-state index in [1.165, 1.54) is 12.7 Å². The topological polar surface area (TPSA) is 72.9 Å². The van der Waals surface area contributed by atoms with Gasteiger partial charge in [-0.1, -0.05) is 18.2 Å². The number of esters is 1. The molecule has 2 aromatic rings. The SMILES string of the molecule is COC(=O)CC(CN1CC[C@@](F)(CCc2ccc3c(n2)NCCC3)C1)c1cccc(OC[C@@H](C)OC)c1. The summed E-state index contributed by atoms with van der Waals surface area (Å²) < 4.78 is 31.9. The number of ether oxygens (including phenoxy) is 3. The predicted octanol–water partition coefficient (Wildman–Crippen LogP) is 4.55. The summed E-state index contributed by atoms with van der Waals surface area (Å²) in [5, 5.41) is 3.36. The van der Waals surface area contributed by atoms with Crippen LogP contribution in [0.2, 0.25) is 0 Å². The third kappa shape index (κ3) is 7.65. The predicted molar refractivity (Wildman–Crippen MR) is 142 cm³/mol. The van der Waals surface area contributed by atoms with Crippen LogP contribution < -0.4 is 10.1 Å². The molecule has 0 amide bonds. The maximum Gasteiger partial charge on any atom is 0.306 e. The monoisotopic (exact) mass is 513 g/mol. The van der Waals surface area contributed by atoms with E-state index in [9.17, 15) is 4.79 Å². The Kier molecular flexibility index (Phi) is 9.38. The first-order valence-electron chi connectivity index (χ1n) is 13.3. The molecule has 7 nitrogen and oxygen atoms in total. The number of carbonyl (C=O) groups is 1. The molecule has 1 fully saturated rings. The van der Waals surface area contributed by atoms with E-state index in [1.54, 1.807) is 7.11 Å². The van der Waals surface area contributed by atoms with Gasteiger partial charge >= 0.3 is 5.97 Å². The van der Waals surface area contributed by atoms with Gasteiger partial charge in [-0.15, -0.1) is 0 Å². The Bertz CT molecular complexity index is 1050. The molecule has 1 unspecified atom stereocenters. The number of hydrogen-bond acceptors (Lipinski definition) is 7. The van der Waals surface area contributed by atoms with Crippen molar-refractivity contribution >= 4 is 11.8 Å². The van der Waals surface area contributed by atoms with Gasteiger partial charge in [-0.25, -0.2) is 9.37 Å². The largest absolute Gasteiger partial charge is 0.491 e. The quantitative estimate of drug-likeness (QED) is 0.418. The van der Waals surface area contributed by atoms with Crippen molar-refractivity contribution < 1.29 is 23.4 Å². The number of nitrogens with one attached hydrogen (secondary N) is 1. The second-order valence-corrected chi connectivity index (χ2v) is 10.4. The molecule has 0 bridgehead atoms. The lowest BCUT2D eigenvalue weighted by molar-refractivity contribution is -0.141. The second kappa shape index (κ2) is 12.7. The van der Waals surface area contributed by atoms with Crippen LogP contribution in [0.4, 0.5) is 10.2 Å². The number of rotatable bonds is 12. The van der Waals surface area contributed by atoms with E-state index < -0.39 is 5.67 Å². The number of benzene rings is 1. The van der Waals surface area contributed by atoms with E-state index in [0.29, 0.717) is 45.5 Å². The van der Waals surface area contributed by atoms with Gasteiger partial charge in [0.25, 0.3) is 0 Å². The summed E-state index contributed by atoms with van der Waals surface area (Å²) in [6.07, 6.45) is 3.92. The molecule has 1 aromatic carbocycles. The Morgan fingerprint density at radius 2 is 2.14 bits per heavy atom. The lowest BCUT2D eigenvalue weighted by Gasteiger charge is -2.25. The van der Waals surface area contributed by atoms with E-state index >= 15 is 4.39 Å². The molecular formula is C29H40FN3O4. The zero-order valence-corrected chi connectivity index (χ0v) is 22.3. The summed E-state index contributed by atoms with van der Waals surface area (Å²) in [6, 6.07) is 11.9. The van der Waals surface area contributed by atoms with Crippen molar-refractivity contribution in [1.29, 1.82) is 0 Å². The maximum atomic E-state index is 15.8. The summed E-state index contributed by atoms with van der Waals surface area (Å²) in [7, 11) is 3.05. The van der Waals surface area contributed by atoms with Crippen molar-refractivity contribution in [2.45, 2.75) is 63.1 Å². The van der Waals surface area contributed by atoms with Crippen LogP contribution in [0.25, 0.3) is 0 Å². The number of alkyl halides is 1. The minimum absolute atomic E-state index is 0.0235. The number of methoxy groups -OCH3 is 2. The van der Waals surface area contributed by atoms with Crippen LogP contribution in [0.3, 0.4) is 0 Å². The second-order valence-electron chi connectivity index (χ2n) is 10.4. The molecule has 0 spiro atoms. The van der Waals surface area contributed by atoms with Gasteiger partial charge in [0, 0.05) is 44.9 Å². The van der Waals surface area contributed by atoms with Crippen molar-refractivity contribution in [3.05, 3.63) is 53.2 Å². The van der Waals surface area contributed by atoms with Gasteiger partial charge in [0.05, 0.1) is 19.6 Å². The van der Waals surface area contributed by atoms with E-state index in [2.05, 4.69) is 16.3 Å². The Morgan fingerprint density at radius 1 is 1.27 bits per heavy atom. The molecule has 37 heavy (non-hydrogen) atoms. The average molecular weight is 514 g/mol. The molecule has 0 saturated carbocycles. The van der Waals surface area contributed by atoms with Crippen LogP contribution in [-0.2, 0) is 27.1 Å². The first-order chi connectivity index (χ1) is 17.9. The van der Waals surface area contributed by atoms with Crippen molar-refractivity contribution in [1.82, 2.24) is 9.88 Å². The molecule has 8 heteroatoms. The van der Waals surface area contributed by atoms with Crippen LogP contribution in [0, 0.1) is 0 Å². The molecule has 1 saturated heterocycles. The molecule has 202 valence electrons. The smallest absolute Gasteiger partial charge is 0.306 e. The van der Waals surface area contributed by atoms with E-state index in [1.807, 2.05) is 37.3 Å². The minimum atomic E-state index is -1.26. The fraction of sp³-hybridized carbons (Fsp3) is 0.586. The fourth-order valence-electron chi connectivity index (χ4n) is 5.16. The van der Waals surface area contributed by atoms with E-state index in [4.69, 9.17) is 19.2 Å². The molecular weight excluding hydrogens is 473 g/mol. The number of fused-ring (bicyclic) bond motifs is 1. The first-order valence-corrected chi connectivity index (χ1v) is 13.3. The van der Waals surface area contributed by atoms with Crippen molar-refractivity contribution in [3.8, 4) is 5.75 Å². The Hall–Kier alpha value is -2.71. The maximum absolute atomic E-state index is 15.8. The van der Waals surface area contributed by atoms with Gasteiger partial charge in [-0.05, 0) is 68.4 Å². The van der Waals surface area contributed by atoms with Crippen molar-refractivity contribution in [2.24, 2.45) is 0 Å². The number of halogens is 1. The molecule has 2 aliphatic heterocycles. The van der Waals surface area contributed by atoms with Crippen LogP contribution in [0.15, 0.2) is 36.4 Å². The number of aromatic nitrogens is 1. The third-order valence-corrected chi connectivity index (χ3v) is 7.50. The number of hydrogen-bond donors (Lipinski definition) is 1. The van der Waals surface area contributed by atoms with Crippen molar-refractivity contribution in [2.75, 3.05) is 52.3 Å². The van der Waals surface area contributed by atoms with Gasteiger partial charge in [0.15, 0.2) is 0 Å². The van der Waals surface area contributed by atoms with Gasteiger partial charge in [0.1, 0.15) is 23.8 Å². The zero-order valence-electron chi connectivity index (χ0n) is 22.3. The summed E-state index contributed by atoms with van der Waals surface area (Å²) in [5.74, 6) is 1.29. The highest BCUT2D eigenvalue weighted by Gasteiger charge is 2.39. The molecule has 3 heterocycles. The highest BCUT2D eigenvalue weighted by Crippen LogP contribution is 2.34. The normalized spacial score (nSPS) is 21.1. The number of nitrogens with zero attached hydrogens (tertiary/aromatic N) is 2. The first kappa shape index (κ1) is 27.3. The Balaban J connectivity index is 1.37. The number of anilines is 1. The van der Waals surface area contributed by atoms with Gasteiger partial charge < -0.3 is 19.5 Å². The molecule has 0 aliphatic carbocycles. The lowest BCUT2D eigenvalue weighted by Crippen LogP contribution is -2.33. The molecule has 1 aromatic heterocycles. The minimum Gasteiger partial charge on any atom is -0.491 e. The van der Waals surface area contributed by atoms with Gasteiger partial charge in [-0.3, -0.25) is 9.69 Å².